The Morgan fingerprint density at radius 2 is 1.53 bits per heavy atom. The van der Waals surface area contributed by atoms with Crippen LogP contribution in [0.5, 0.6) is 0 Å². The molecule has 0 N–H and O–H groups in total. The molecule has 0 amide bonds. The third-order valence-corrected chi connectivity index (χ3v) is 5.92. The van der Waals surface area contributed by atoms with E-state index in [-0.39, 0.29) is 5.65 Å². The molecule has 0 aliphatic carbocycles. The normalized spacial score (nSPS) is 18.5. The smallest absolute Gasteiger partial charge is 0.378 e. The first kappa shape index (κ1) is 21.0. The Balaban J connectivity index is 1.20. The fourth-order valence-corrected chi connectivity index (χ4v) is 4.15. The zero-order chi connectivity index (χ0) is 22.1. The lowest BCUT2D eigenvalue weighted by molar-refractivity contribution is -0.146. The van der Waals surface area contributed by atoms with E-state index in [0.29, 0.717) is 18.9 Å². The molecule has 32 heavy (non-hydrogen) atoms. The van der Waals surface area contributed by atoms with Crippen molar-refractivity contribution in [3.63, 3.8) is 0 Å². The van der Waals surface area contributed by atoms with E-state index < -0.39 is 12.0 Å². The molecular weight excluding hydrogens is 423 g/mol. The number of aromatic nitrogens is 4. The number of piperazine rings is 1. The number of morpholine rings is 1. The Morgan fingerprint density at radius 1 is 0.812 bits per heavy atom. The number of fused-ring (bicyclic) bond motifs is 1. The highest BCUT2D eigenvalue weighted by atomic mass is 19.4. The summed E-state index contributed by atoms with van der Waals surface area (Å²) in [5, 5.41) is 11.0. The van der Waals surface area contributed by atoms with Crippen LogP contribution in [0.15, 0.2) is 36.4 Å². The fraction of sp³-hybridized carbons (Fsp3) is 0.476. The number of hydrogen-bond acceptors (Lipinski definition) is 7. The van der Waals surface area contributed by atoms with Gasteiger partial charge in [-0.15, -0.1) is 15.3 Å². The topological polar surface area (TPSA) is 62.0 Å². The van der Waals surface area contributed by atoms with Crippen molar-refractivity contribution in [3.05, 3.63) is 47.8 Å². The van der Waals surface area contributed by atoms with E-state index >= 15 is 0 Å². The molecule has 2 aliphatic heterocycles. The second kappa shape index (κ2) is 8.55. The molecule has 0 radical (unpaired) electrons. The minimum Gasteiger partial charge on any atom is -0.378 e. The second-order valence-corrected chi connectivity index (χ2v) is 8.01. The van der Waals surface area contributed by atoms with Crippen molar-refractivity contribution in [1.29, 1.82) is 0 Å². The zero-order valence-electron chi connectivity index (χ0n) is 17.5. The van der Waals surface area contributed by atoms with Crippen molar-refractivity contribution in [1.82, 2.24) is 24.7 Å². The Morgan fingerprint density at radius 3 is 2.22 bits per heavy atom. The standard InChI is InChI=1S/C21H24F3N7O/c22-21(23,24)20-26-25-18-5-6-19(27-31(18)20)30-9-7-28(8-10-30)15-16-1-3-17(4-2-16)29-11-13-32-14-12-29/h1-6H,7-15H2. The van der Waals surface area contributed by atoms with Crippen LogP contribution in [0.3, 0.4) is 0 Å². The van der Waals surface area contributed by atoms with Gasteiger partial charge in [-0.05, 0) is 29.8 Å². The number of nitrogens with zero attached hydrogens (tertiary/aromatic N) is 7. The van der Waals surface area contributed by atoms with Gasteiger partial charge < -0.3 is 14.5 Å². The minimum absolute atomic E-state index is 0.0836. The second-order valence-electron chi connectivity index (χ2n) is 8.01. The van der Waals surface area contributed by atoms with Crippen LogP contribution in [0, 0.1) is 0 Å². The molecule has 11 heteroatoms. The number of anilines is 2. The van der Waals surface area contributed by atoms with Gasteiger partial charge in [0.15, 0.2) is 5.65 Å². The lowest BCUT2D eigenvalue weighted by Gasteiger charge is -2.35. The van der Waals surface area contributed by atoms with Crippen LogP contribution < -0.4 is 9.80 Å². The van der Waals surface area contributed by atoms with Gasteiger partial charge in [0.05, 0.1) is 13.2 Å². The highest BCUT2D eigenvalue weighted by molar-refractivity contribution is 5.48. The van der Waals surface area contributed by atoms with Crippen LogP contribution in [0.4, 0.5) is 24.7 Å². The SMILES string of the molecule is FC(F)(F)c1nnc2ccc(N3CCN(Cc4ccc(N5CCOCC5)cc4)CC3)nn12. The van der Waals surface area contributed by atoms with E-state index in [0.717, 1.165) is 50.5 Å². The number of alkyl halides is 3. The Labute approximate surface area is 183 Å². The number of ether oxygens (including phenoxy) is 1. The van der Waals surface area contributed by atoms with Gasteiger partial charge in [-0.3, -0.25) is 4.90 Å². The van der Waals surface area contributed by atoms with Gasteiger partial charge in [0.25, 0.3) is 5.82 Å². The summed E-state index contributed by atoms with van der Waals surface area (Å²) in [5.74, 6) is -0.606. The molecule has 170 valence electrons. The lowest BCUT2D eigenvalue weighted by atomic mass is 10.1. The summed E-state index contributed by atoms with van der Waals surface area (Å²) in [6.07, 6.45) is -4.60. The van der Waals surface area contributed by atoms with Gasteiger partial charge in [-0.1, -0.05) is 12.1 Å². The van der Waals surface area contributed by atoms with E-state index in [1.807, 2.05) is 4.90 Å². The Bertz CT molecular complexity index is 1060. The zero-order valence-corrected chi connectivity index (χ0v) is 17.5. The van der Waals surface area contributed by atoms with E-state index in [9.17, 15) is 13.2 Å². The molecule has 0 atom stereocenters. The summed E-state index contributed by atoms with van der Waals surface area (Å²) >= 11 is 0. The van der Waals surface area contributed by atoms with E-state index in [2.05, 4.69) is 49.4 Å². The molecule has 4 heterocycles. The average molecular weight is 447 g/mol. The van der Waals surface area contributed by atoms with E-state index in [4.69, 9.17) is 4.74 Å². The van der Waals surface area contributed by atoms with Crippen LogP contribution in [-0.2, 0) is 17.5 Å². The third-order valence-electron chi connectivity index (χ3n) is 5.92. The summed E-state index contributed by atoms with van der Waals surface area (Å²) in [6, 6.07) is 11.9. The molecule has 3 aromatic rings. The summed E-state index contributed by atoms with van der Waals surface area (Å²) in [5.41, 5.74) is 2.55. The number of rotatable bonds is 4. The predicted octanol–water partition coefficient (Wildman–Crippen LogP) is 2.30. The monoisotopic (exact) mass is 447 g/mol. The average Bonchev–Trinajstić information content (AvgIpc) is 3.25. The molecule has 0 unspecified atom stereocenters. The van der Waals surface area contributed by atoms with Crippen molar-refractivity contribution in [2.45, 2.75) is 12.7 Å². The molecule has 2 aromatic heterocycles. The van der Waals surface area contributed by atoms with Crippen molar-refractivity contribution >= 4 is 17.2 Å². The molecule has 2 saturated heterocycles. The van der Waals surface area contributed by atoms with Crippen molar-refractivity contribution in [2.75, 3.05) is 62.3 Å². The van der Waals surface area contributed by atoms with Crippen LogP contribution in [0.1, 0.15) is 11.4 Å². The van der Waals surface area contributed by atoms with Gasteiger partial charge in [0.1, 0.15) is 5.82 Å². The fourth-order valence-electron chi connectivity index (χ4n) is 4.15. The first-order chi connectivity index (χ1) is 15.5. The number of benzene rings is 1. The maximum atomic E-state index is 13.1. The summed E-state index contributed by atoms with van der Waals surface area (Å²) in [6.45, 7) is 7.19. The highest BCUT2D eigenvalue weighted by Crippen LogP contribution is 2.28. The van der Waals surface area contributed by atoms with Crippen molar-refractivity contribution < 1.29 is 17.9 Å². The summed E-state index contributed by atoms with van der Waals surface area (Å²) in [7, 11) is 0. The maximum Gasteiger partial charge on any atom is 0.453 e. The van der Waals surface area contributed by atoms with Crippen LogP contribution in [-0.4, -0.2) is 77.2 Å². The van der Waals surface area contributed by atoms with Gasteiger partial charge in [-0.25, -0.2) is 0 Å². The van der Waals surface area contributed by atoms with Gasteiger partial charge >= 0.3 is 6.18 Å². The van der Waals surface area contributed by atoms with Crippen molar-refractivity contribution in [2.24, 2.45) is 0 Å². The molecule has 0 spiro atoms. The molecule has 2 aliphatic rings. The van der Waals surface area contributed by atoms with Crippen molar-refractivity contribution in [3.8, 4) is 0 Å². The van der Waals surface area contributed by atoms with Gasteiger partial charge in [0, 0.05) is 51.5 Å². The largest absolute Gasteiger partial charge is 0.453 e. The molecule has 0 bridgehead atoms. The Hall–Kier alpha value is -2.92. The van der Waals surface area contributed by atoms with Gasteiger partial charge in [-0.2, -0.15) is 17.7 Å². The summed E-state index contributed by atoms with van der Waals surface area (Å²) in [4.78, 5) is 6.67. The highest BCUT2D eigenvalue weighted by Gasteiger charge is 2.37. The van der Waals surface area contributed by atoms with Crippen LogP contribution in [0.2, 0.25) is 0 Å². The molecule has 2 fully saturated rings. The van der Waals surface area contributed by atoms with E-state index in [1.165, 1.54) is 17.3 Å². The minimum atomic E-state index is -4.60. The first-order valence-corrected chi connectivity index (χ1v) is 10.7. The van der Waals surface area contributed by atoms with E-state index in [1.54, 1.807) is 6.07 Å². The molecule has 0 saturated carbocycles. The third kappa shape index (κ3) is 4.35. The predicted molar refractivity (Wildman–Crippen MR) is 113 cm³/mol. The number of hydrogen-bond donors (Lipinski definition) is 0. The molecular formula is C21H24F3N7O. The quantitative estimate of drug-likeness (QED) is 0.608. The van der Waals surface area contributed by atoms with Crippen LogP contribution in [0.25, 0.3) is 5.65 Å². The maximum absolute atomic E-state index is 13.1. The summed E-state index contributed by atoms with van der Waals surface area (Å²) < 4.78 is 45.6. The molecule has 1 aromatic carbocycles. The molecule has 8 nitrogen and oxygen atoms in total. The molecule has 5 rings (SSSR count). The first-order valence-electron chi connectivity index (χ1n) is 10.7. The Kier molecular flexibility index (Phi) is 5.60. The number of halogens is 3. The van der Waals surface area contributed by atoms with Gasteiger partial charge in [0.2, 0.25) is 0 Å². The van der Waals surface area contributed by atoms with Crippen LogP contribution >= 0.6 is 0 Å². The lowest BCUT2D eigenvalue weighted by Crippen LogP contribution is -2.46.